The number of nitro groups is 1. The third kappa shape index (κ3) is 3.85. The maximum Gasteiger partial charge on any atom is 0.396 e. The van der Waals surface area contributed by atoms with E-state index in [4.69, 9.17) is 0 Å². The molecule has 0 aliphatic rings. The van der Waals surface area contributed by atoms with Crippen molar-refractivity contribution < 1.29 is 19.2 Å². The highest BCUT2D eigenvalue weighted by Gasteiger charge is 2.12. The van der Waals surface area contributed by atoms with Crippen LogP contribution in [0.3, 0.4) is 0 Å². The van der Waals surface area contributed by atoms with Gasteiger partial charge in [0, 0.05) is 18.7 Å². The lowest BCUT2D eigenvalue weighted by atomic mass is 10.1. The lowest BCUT2D eigenvalue weighted by Crippen LogP contribution is -2.33. The Labute approximate surface area is 103 Å². The van der Waals surface area contributed by atoms with Crippen molar-refractivity contribution >= 4 is 17.6 Å². The Morgan fingerprint density at radius 2 is 1.94 bits per heavy atom. The van der Waals surface area contributed by atoms with Gasteiger partial charge in [0.2, 0.25) is 0 Å². The van der Waals surface area contributed by atoms with Crippen molar-refractivity contribution in [1.82, 2.24) is 5.32 Å². The summed E-state index contributed by atoms with van der Waals surface area (Å²) in [5.41, 5.74) is 0.836. The maximum atomic E-state index is 11.0. The topological polar surface area (TPSA) is 98.5 Å². The largest absolute Gasteiger partial charge is 0.462 e. The summed E-state index contributed by atoms with van der Waals surface area (Å²) >= 11 is 0. The molecular formula is C11H12N2O5. The molecule has 0 atom stereocenters. The monoisotopic (exact) mass is 255 g/mol. The van der Waals surface area contributed by atoms with Gasteiger partial charge in [-0.1, -0.05) is 12.1 Å². The summed E-state index contributed by atoms with van der Waals surface area (Å²) < 4.78 is 4.23. The van der Waals surface area contributed by atoms with E-state index in [1.54, 1.807) is 12.1 Å². The number of non-ortho nitro benzene ring substituents is 1. The standard InChI is InChI=1S/C11H12N2O5/c1-18-11(15)10(14)12-7-6-8-2-4-9(5-3-8)13(16)17/h2-5H,6-7H2,1H3,(H,12,14)/i10+1,11+1,12+1. The molecular weight excluding hydrogens is 243 g/mol. The number of amides is 1. The Kier molecular flexibility index (Phi) is 4.79. The number of carbonyl (C=O) groups excluding carboxylic acids is 2. The summed E-state index contributed by atoms with van der Waals surface area (Å²) in [6.07, 6.45) is 0.473. The molecule has 1 N–H and O–H groups in total. The van der Waals surface area contributed by atoms with Crippen LogP contribution in [0.15, 0.2) is 24.3 Å². The second kappa shape index (κ2) is 6.33. The van der Waals surface area contributed by atoms with Gasteiger partial charge in [-0.25, -0.2) is 4.79 Å². The van der Waals surface area contributed by atoms with Gasteiger partial charge in [0.1, 0.15) is 0 Å². The smallest absolute Gasteiger partial charge is 0.396 e. The quantitative estimate of drug-likeness (QED) is 0.210. The van der Waals surface area contributed by atoms with Crippen LogP contribution in [0.5, 0.6) is 0 Å². The first-order valence-corrected chi connectivity index (χ1v) is 5.14. The molecule has 0 aromatic heterocycles. The van der Waals surface area contributed by atoms with Gasteiger partial charge in [0.05, 0.1) is 12.0 Å². The minimum atomic E-state index is -0.946. The van der Waals surface area contributed by atoms with E-state index >= 15 is 0 Å². The van der Waals surface area contributed by atoms with Gasteiger partial charge < -0.3 is 10.1 Å². The second-order valence-corrected chi connectivity index (χ2v) is 3.42. The number of benzene rings is 1. The van der Waals surface area contributed by atoms with Crippen molar-refractivity contribution in [2.75, 3.05) is 13.7 Å². The Bertz CT molecular complexity index is 455. The van der Waals surface area contributed by atoms with Crippen molar-refractivity contribution in [3.05, 3.63) is 39.9 Å². The summed E-state index contributed by atoms with van der Waals surface area (Å²) in [4.78, 5) is 31.7. The van der Waals surface area contributed by atoms with Crippen LogP contribution < -0.4 is 5.32 Å². The minimum absolute atomic E-state index is 0.0114. The van der Waals surface area contributed by atoms with Gasteiger partial charge >= 0.3 is 11.9 Å². The summed E-state index contributed by atoms with van der Waals surface area (Å²) in [6.45, 7) is 0.256. The van der Waals surface area contributed by atoms with Gasteiger partial charge in [-0.2, -0.15) is 0 Å². The van der Waals surface area contributed by atoms with Gasteiger partial charge in [-0.15, -0.1) is 0 Å². The molecule has 0 unspecified atom stereocenters. The predicted molar refractivity (Wildman–Crippen MR) is 61.8 cm³/mol. The fourth-order valence-corrected chi connectivity index (χ4v) is 1.27. The number of rotatable bonds is 4. The van der Waals surface area contributed by atoms with E-state index in [2.05, 4.69) is 10.1 Å². The lowest BCUT2D eigenvalue weighted by molar-refractivity contribution is -0.384. The van der Waals surface area contributed by atoms with E-state index in [1.165, 1.54) is 12.1 Å². The number of methoxy groups -OCH3 is 1. The first-order chi connectivity index (χ1) is 8.54. The first kappa shape index (κ1) is 13.6. The highest BCUT2D eigenvalue weighted by atomic mass is 16.6. The average molecular weight is 255 g/mol. The number of nitrogens with one attached hydrogen (secondary N) is 1. The highest BCUT2D eigenvalue weighted by Crippen LogP contribution is 2.11. The van der Waals surface area contributed by atoms with Crippen molar-refractivity contribution in [1.29, 1.82) is 0 Å². The van der Waals surface area contributed by atoms with Crippen LogP contribution in [-0.4, -0.2) is 30.5 Å². The number of hydrogen-bond donors (Lipinski definition) is 1. The van der Waals surface area contributed by atoms with E-state index in [-0.39, 0.29) is 12.2 Å². The molecule has 0 heterocycles. The zero-order chi connectivity index (χ0) is 13.5. The highest BCUT2D eigenvalue weighted by molar-refractivity contribution is 6.32. The zero-order valence-electron chi connectivity index (χ0n) is 9.71. The molecule has 0 saturated heterocycles. The number of nitro benzene ring substituents is 1. The van der Waals surface area contributed by atoms with Crippen LogP contribution >= 0.6 is 0 Å². The van der Waals surface area contributed by atoms with Crippen molar-refractivity contribution in [3.8, 4) is 0 Å². The van der Waals surface area contributed by atoms with Crippen LogP contribution in [-0.2, 0) is 20.7 Å². The molecule has 0 aliphatic carbocycles. The second-order valence-electron chi connectivity index (χ2n) is 3.42. The minimum Gasteiger partial charge on any atom is -0.462 e. The van der Waals surface area contributed by atoms with Crippen molar-refractivity contribution in [2.45, 2.75) is 6.42 Å². The Morgan fingerprint density at radius 1 is 1.33 bits per heavy atom. The molecule has 1 amide bonds. The Balaban J connectivity index is 2.42. The molecule has 0 saturated carbocycles. The third-order valence-corrected chi connectivity index (χ3v) is 2.22. The normalized spacial score (nSPS) is 9.61. The average Bonchev–Trinajstić information content (AvgIpc) is 2.38. The van der Waals surface area contributed by atoms with Gasteiger partial charge in [0.25, 0.3) is 5.69 Å². The van der Waals surface area contributed by atoms with E-state index in [9.17, 15) is 19.7 Å². The predicted octanol–water partition coefficient (Wildman–Crippen LogP) is 0.426. The van der Waals surface area contributed by atoms with Crippen LogP contribution in [0.25, 0.3) is 0 Å². The van der Waals surface area contributed by atoms with Crippen LogP contribution in [0.2, 0.25) is 0 Å². The molecule has 0 spiro atoms. The fraction of sp³-hybridized carbons (Fsp3) is 0.273. The zero-order valence-corrected chi connectivity index (χ0v) is 9.71. The van der Waals surface area contributed by atoms with Crippen LogP contribution in [0, 0.1) is 10.1 Å². The molecule has 0 aliphatic heterocycles. The summed E-state index contributed by atoms with van der Waals surface area (Å²) in [7, 11) is 1.12. The first-order valence-electron chi connectivity index (χ1n) is 5.14. The van der Waals surface area contributed by atoms with Crippen LogP contribution in [0.1, 0.15) is 5.56 Å². The summed E-state index contributed by atoms with van der Waals surface area (Å²) in [5.74, 6) is -1.75. The molecule has 1 aromatic carbocycles. The fourth-order valence-electron chi connectivity index (χ4n) is 1.27. The molecule has 18 heavy (non-hydrogen) atoms. The summed E-state index contributed by atoms with van der Waals surface area (Å²) in [5, 5.41) is 12.8. The molecule has 96 valence electrons. The maximum absolute atomic E-state index is 11.0. The Morgan fingerprint density at radius 3 is 2.44 bits per heavy atom. The molecule has 7 nitrogen and oxygen atoms in total. The SMILES string of the molecule is CO[13C](=O)[13C](=O)[15NH]CCc1ccc([N+](=O)[O-])cc1. The van der Waals surface area contributed by atoms with E-state index in [1.807, 2.05) is 0 Å². The van der Waals surface area contributed by atoms with E-state index in [0.29, 0.717) is 6.42 Å². The van der Waals surface area contributed by atoms with Gasteiger partial charge in [0.15, 0.2) is 0 Å². The number of ether oxygens (including phenoxy) is 1. The molecule has 7 heteroatoms. The molecule has 0 fully saturated rings. The van der Waals surface area contributed by atoms with Crippen LogP contribution in [0.4, 0.5) is 5.69 Å². The van der Waals surface area contributed by atoms with Crippen molar-refractivity contribution in [3.63, 3.8) is 0 Å². The van der Waals surface area contributed by atoms with E-state index in [0.717, 1.165) is 12.7 Å². The number of carbonyl (C=O) groups is 2. The summed E-state index contributed by atoms with van der Waals surface area (Å²) in [6, 6.07) is 5.97. The number of nitrogens with zero attached hydrogens (tertiary/aromatic N) is 1. The van der Waals surface area contributed by atoms with E-state index < -0.39 is 16.8 Å². The molecule has 1 rings (SSSR count). The number of hydrogen-bond acceptors (Lipinski definition) is 5. The van der Waals surface area contributed by atoms with Crippen molar-refractivity contribution in [2.24, 2.45) is 0 Å². The molecule has 0 bridgehead atoms. The third-order valence-electron chi connectivity index (χ3n) is 2.22. The molecule has 1 aromatic rings. The van der Waals surface area contributed by atoms with Gasteiger partial charge in [-0.3, -0.25) is 14.9 Å². The Hall–Kier alpha value is -2.44. The number of esters is 1. The molecule has 0 radical (unpaired) electrons. The lowest BCUT2D eigenvalue weighted by Gasteiger charge is -2.03. The van der Waals surface area contributed by atoms with Gasteiger partial charge in [-0.05, 0) is 12.0 Å².